The van der Waals surface area contributed by atoms with Crippen molar-refractivity contribution in [3.05, 3.63) is 54.6 Å². The lowest BCUT2D eigenvalue weighted by molar-refractivity contribution is -0.313. The molecule has 1 saturated carbocycles. The molecular weight excluding hydrogens is 316 g/mol. The Morgan fingerprint density at radius 2 is 1.44 bits per heavy atom. The smallest absolute Gasteiger partial charge is 0.228 e. The molecule has 0 radical (unpaired) electrons. The second kappa shape index (κ2) is 7.83. The molecule has 0 saturated heterocycles. The molecule has 1 amide bonds. The first-order valence-electron chi connectivity index (χ1n) is 8.58. The third-order valence-corrected chi connectivity index (χ3v) is 4.64. The number of nitrogens with one attached hydrogen (secondary N) is 2. The highest BCUT2D eigenvalue weighted by Gasteiger charge is 2.32. The fraction of sp³-hybridized carbons (Fsp3) is 0.300. The molecule has 2 atom stereocenters. The fourth-order valence-electron chi connectivity index (χ4n) is 3.33. The van der Waals surface area contributed by atoms with Gasteiger partial charge in [0.25, 0.3) is 0 Å². The third kappa shape index (κ3) is 4.18. The van der Waals surface area contributed by atoms with Crippen LogP contribution in [-0.2, 0) is 9.59 Å². The van der Waals surface area contributed by atoms with Crippen LogP contribution < -0.4 is 15.7 Å². The normalized spacial score (nSPS) is 19.8. The summed E-state index contributed by atoms with van der Waals surface area (Å²) in [5.41, 5.74) is 2.32. The van der Waals surface area contributed by atoms with Crippen LogP contribution in [0, 0.1) is 11.8 Å². The first-order valence-corrected chi connectivity index (χ1v) is 8.58. The number of para-hydroxylation sites is 3. The van der Waals surface area contributed by atoms with Crippen LogP contribution in [0.3, 0.4) is 0 Å². The van der Waals surface area contributed by atoms with E-state index < -0.39 is 17.8 Å². The fourth-order valence-corrected chi connectivity index (χ4v) is 3.33. The molecule has 5 nitrogen and oxygen atoms in total. The van der Waals surface area contributed by atoms with Crippen LogP contribution >= 0.6 is 0 Å². The molecule has 3 rings (SSSR count). The molecule has 0 unspecified atom stereocenters. The van der Waals surface area contributed by atoms with Gasteiger partial charge in [0.15, 0.2) is 0 Å². The minimum atomic E-state index is -1.13. The van der Waals surface area contributed by atoms with E-state index >= 15 is 0 Å². The lowest BCUT2D eigenvalue weighted by Crippen LogP contribution is -2.42. The van der Waals surface area contributed by atoms with Gasteiger partial charge in [-0.25, -0.2) is 0 Å². The Morgan fingerprint density at radius 1 is 0.840 bits per heavy atom. The molecule has 0 aromatic heterocycles. The number of carbonyl (C=O) groups is 2. The Morgan fingerprint density at radius 3 is 2.12 bits per heavy atom. The van der Waals surface area contributed by atoms with Crippen LogP contribution in [0.5, 0.6) is 0 Å². The molecule has 2 aromatic carbocycles. The molecule has 1 aliphatic rings. The predicted octanol–water partition coefficient (Wildman–Crippen LogP) is 2.92. The Kier molecular flexibility index (Phi) is 5.33. The molecule has 2 aromatic rings. The maximum absolute atomic E-state index is 12.7. The van der Waals surface area contributed by atoms with Crippen molar-refractivity contribution in [3.8, 4) is 0 Å². The summed E-state index contributed by atoms with van der Waals surface area (Å²) in [6.07, 6.45) is 2.78. The number of amides is 1. The lowest BCUT2D eigenvalue weighted by atomic mass is 9.78. The van der Waals surface area contributed by atoms with Crippen LogP contribution in [0.4, 0.5) is 17.1 Å². The minimum absolute atomic E-state index is 0.254. The van der Waals surface area contributed by atoms with Crippen LogP contribution in [0.15, 0.2) is 54.6 Å². The number of carbonyl (C=O) groups excluding carboxylic acids is 2. The van der Waals surface area contributed by atoms with Gasteiger partial charge in [0.05, 0.1) is 11.4 Å². The van der Waals surface area contributed by atoms with Crippen molar-refractivity contribution in [2.24, 2.45) is 11.8 Å². The molecule has 0 heterocycles. The van der Waals surface area contributed by atoms with Gasteiger partial charge in [-0.2, -0.15) is 0 Å². The van der Waals surface area contributed by atoms with E-state index in [9.17, 15) is 14.7 Å². The van der Waals surface area contributed by atoms with Crippen LogP contribution in [-0.4, -0.2) is 11.9 Å². The number of aliphatic carboxylic acids is 1. The molecular formula is C20H21N2O3-. The Hall–Kier alpha value is -2.82. The zero-order valence-corrected chi connectivity index (χ0v) is 13.9. The molecule has 130 valence electrons. The van der Waals surface area contributed by atoms with E-state index in [4.69, 9.17) is 0 Å². The summed E-state index contributed by atoms with van der Waals surface area (Å²) in [6, 6.07) is 17.1. The zero-order valence-electron chi connectivity index (χ0n) is 13.9. The number of anilines is 3. The Bertz CT molecular complexity index is 746. The van der Waals surface area contributed by atoms with E-state index in [1.807, 2.05) is 48.5 Å². The topological polar surface area (TPSA) is 81.3 Å². The Labute approximate surface area is 147 Å². The van der Waals surface area contributed by atoms with E-state index in [-0.39, 0.29) is 5.91 Å². The summed E-state index contributed by atoms with van der Waals surface area (Å²) >= 11 is 0. The molecule has 0 bridgehead atoms. The van der Waals surface area contributed by atoms with Crippen molar-refractivity contribution in [1.29, 1.82) is 0 Å². The van der Waals surface area contributed by atoms with Crippen molar-refractivity contribution >= 4 is 28.9 Å². The highest BCUT2D eigenvalue weighted by molar-refractivity contribution is 5.98. The first-order chi connectivity index (χ1) is 12.1. The van der Waals surface area contributed by atoms with Crippen molar-refractivity contribution in [2.75, 3.05) is 10.6 Å². The molecule has 1 aliphatic carbocycles. The second-order valence-electron chi connectivity index (χ2n) is 6.34. The predicted molar refractivity (Wildman–Crippen MR) is 95.3 cm³/mol. The molecule has 0 aliphatic heterocycles. The van der Waals surface area contributed by atoms with Crippen LogP contribution in [0.1, 0.15) is 25.7 Å². The minimum Gasteiger partial charge on any atom is -0.550 e. The van der Waals surface area contributed by atoms with Gasteiger partial charge in [-0.15, -0.1) is 0 Å². The van der Waals surface area contributed by atoms with Crippen molar-refractivity contribution in [3.63, 3.8) is 0 Å². The third-order valence-electron chi connectivity index (χ3n) is 4.64. The number of rotatable bonds is 5. The zero-order chi connectivity index (χ0) is 17.6. The quantitative estimate of drug-likeness (QED) is 0.879. The number of hydrogen-bond donors (Lipinski definition) is 2. The van der Waals surface area contributed by atoms with Gasteiger partial charge in [0.1, 0.15) is 0 Å². The summed E-state index contributed by atoms with van der Waals surface area (Å²) in [5.74, 6) is -2.63. The average Bonchev–Trinajstić information content (AvgIpc) is 2.64. The number of carboxylic acid groups (broad SMARTS) is 1. The van der Waals surface area contributed by atoms with E-state index in [1.54, 1.807) is 6.07 Å². The van der Waals surface area contributed by atoms with E-state index in [1.165, 1.54) is 0 Å². The van der Waals surface area contributed by atoms with Crippen molar-refractivity contribution in [2.45, 2.75) is 25.7 Å². The van der Waals surface area contributed by atoms with Gasteiger partial charge in [-0.05, 0) is 37.1 Å². The van der Waals surface area contributed by atoms with Gasteiger partial charge in [-0.1, -0.05) is 43.2 Å². The van der Waals surface area contributed by atoms with Crippen LogP contribution in [0.25, 0.3) is 0 Å². The van der Waals surface area contributed by atoms with Crippen LogP contribution in [0.2, 0.25) is 0 Å². The first kappa shape index (κ1) is 17.0. The second-order valence-corrected chi connectivity index (χ2v) is 6.34. The number of benzene rings is 2. The molecule has 0 spiro atoms. The maximum atomic E-state index is 12.7. The highest BCUT2D eigenvalue weighted by Crippen LogP contribution is 2.32. The molecule has 1 fully saturated rings. The highest BCUT2D eigenvalue weighted by atomic mass is 16.4. The van der Waals surface area contributed by atoms with Crippen molar-refractivity contribution < 1.29 is 14.7 Å². The summed E-state index contributed by atoms with van der Waals surface area (Å²) in [6.45, 7) is 0. The van der Waals surface area contributed by atoms with Gasteiger partial charge >= 0.3 is 0 Å². The molecule has 2 N–H and O–H groups in total. The summed E-state index contributed by atoms with van der Waals surface area (Å²) in [5, 5.41) is 17.5. The Balaban J connectivity index is 1.76. The maximum Gasteiger partial charge on any atom is 0.228 e. The number of carboxylic acids is 1. The van der Waals surface area contributed by atoms with Gasteiger partial charge in [0.2, 0.25) is 5.91 Å². The van der Waals surface area contributed by atoms with Gasteiger partial charge in [0, 0.05) is 23.5 Å². The summed E-state index contributed by atoms with van der Waals surface area (Å²) in [7, 11) is 0. The molecule has 25 heavy (non-hydrogen) atoms. The van der Waals surface area contributed by atoms with E-state index in [0.717, 1.165) is 24.2 Å². The lowest BCUT2D eigenvalue weighted by Gasteiger charge is -2.31. The summed E-state index contributed by atoms with van der Waals surface area (Å²) < 4.78 is 0. The van der Waals surface area contributed by atoms with Gasteiger partial charge < -0.3 is 20.5 Å². The van der Waals surface area contributed by atoms with E-state index in [0.29, 0.717) is 18.5 Å². The standard InChI is InChI=1S/C20H22N2O3/c23-19(15-10-4-5-11-16(15)20(24)25)22-18-13-7-6-12-17(18)21-14-8-2-1-3-9-14/h1-3,6-9,12-13,15-16,21H,4-5,10-11H2,(H,22,23)(H,24,25)/p-1/t15-,16-/m0/s1. The number of hydrogen-bond acceptors (Lipinski definition) is 4. The average molecular weight is 337 g/mol. The largest absolute Gasteiger partial charge is 0.550 e. The monoisotopic (exact) mass is 337 g/mol. The van der Waals surface area contributed by atoms with Crippen molar-refractivity contribution in [1.82, 2.24) is 0 Å². The van der Waals surface area contributed by atoms with Gasteiger partial charge in [-0.3, -0.25) is 4.79 Å². The summed E-state index contributed by atoms with van der Waals surface area (Å²) in [4.78, 5) is 24.0. The van der Waals surface area contributed by atoms with E-state index in [2.05, 4.69) is 10.6 Å². The SMILES string of the molecule is O=C([O-])[C@H]1CCCC[C@@H]1C(=O)Nc1ccccc1Nc1ccccc1. The molecule has 5 heteroatoms.